The van der Waals surface area contributed by atoms with Crippen LogP contribution in [0.5, 0.6) is 0 Å². The van der Waals surface area contributed by atoms with E-state index in [0.717, 1.165) is 13.1 Å². The van der Waals surface area contributed by atoms with Crippen LogP contribution in [-0.4, -0.2) is 54.5 Å². The molecular weight excluding hydrogens is 190 g/mol. The summed E-state index contributed by atoms with van der Waals surface area (Å²) in [5.41, 5.74) is 5.41. The van der Waals surface area contributed by atoms with Gasteiger partial charge in [-0.25, -0.2) is 0 Å². The highest BCUT2D eigenvalue weighted by atomic mass is 16.2. The molecule has 1 heterocycles. The first-order chi connectivity index (χ1) is 7.06. The smallest absolute Gasteiger partial charge is 0.236 e. The third-order valence-electron chi connectivity index (χ3n) is 3.20. The van der Waals surface area contributed by atoms with Gasteiger partial charge in [-0.05, 0) is 40.3 Å². The summed E-state index contributed by atoms with van der Waals surface area (Å²) in [6.07, 6.45) is 2.43. The molecule has 0 unspecified atom stereocenters. The molecule has 4 nitrogen and oxygen atoms in total. The first-order valence-corrected chi connectivity index (χ1v) is 5.76. The minimum atomic E-state index is 0.0605. The number of nitrogens with two attached hydrogens (primary N) is 1. The molecule has 0 aromatic carbocycles. The Morgan fingerprint density at radius 1 is 1.60 bits per heavy atom. The molecule has 1 rings (SSSR count). The second kappa shape index (κ2) is 5.47. The number of carbonyl (C=O) groups is 1. The largest absolute Gasteiger partial charge is 0.338 e. The monoisotopic (exact) mass is 213 g/mol. The Morgan fingerprint density at radius 2 is 2.27 bits per heavy atom. The van der Waals surface area contributed by atoms with Crippen LogP contribution in [0.25, 0.3) is 0 Å². The van der Waals surface area contributed by atoms with Gasteiger partial charge in [0.25, 0.3) is 0 Å². The average molecular weight is 213 g/mol. The molecule has 15 heavy (non-hydrogen) atoms. The summed E-state index contributed by atoms with van der Waals surface area (Å²) in [7, 11) is 2.13. The molecular formula is C11H23N3O. The van der Waals surface area contributed by atoms with E-state index in [1.807, 2.05) is 18.7 Å². The zero-order valence-corrected chi connectivity index (χ0v) is 10.1. The van der Waals surface area contributed by atoms with Gasteiger partial charge in [0.15, 0.2) is 0 Å². The number of carbonyl (C=O) groups excluding carboxylic acids is 1. The summed E-state index contributed by atoms with van der Waals surface area (Å²) in [6, 6.07) is 0.762. The van der Waals surface area contributed by atoms with E-state index in [4.69, 9.17) is 5.73 Å². The molecule has 1 atom stereocenters. The third-order valence-corrected chi connectivity index (χ3v) is 3.20. The SMILES string of the molecule is CC(C)N(C[C@H]1CCCN1C)C(=O)CN. The molecule has 1 aliphatic rings. The molecule has 1 amide bonds. The Morgan fingerprint density at radius 3 is 2.67 bits per heavy atom. The lowest BCUT2D eigenvalue weighted by molar-refractivity contribution is -0.132. The fourth-order valence-electron chi connectivity index (χ4n) is 2.15. The van der Waals surface area contributed by atoms with Crippen LogP contribution in [0.15, 0.2) is 0 Å². The molecule has 0 aromatic heterocycles. The van der Waals surface area contributed by atoms with E-state index in [-0.39, 0.29) is 18.5 Å². The number of hydrogen-bond donors (Lipinski definition) is 1. The van der Waals surface area contributed by atoms with Crippen molar-refractivity contribution in [1.29, 1.82) is 0 Å². The highest BCUT2D eigenvalue weighted by Crippen LogP contribution is 2.16. The van der Waals surface area contributed by atoms with Crippen molar-refractivity contribution in [3.63, 3.8) is 0 Å². The molecule has 4 heteroatoms. The van der Waals surface area contributed by atoms with E-state index in [0.29, 0.717) is 6.04 Å². The topological polar surface area (TPSA) is 49.6 Å². The summed E-state index contributed by atoms with van der Waals surface area (Å²) in [6.45, 7) is 6.18. The predicted octanol–water partition coefficient (Wildman–Crippen LogP) is 0.276. The maximum atomic E-state index is 11.6. The van der Waals surface area contributed by atoms with Crippen molar-refractivity contribution in [2.45, 2.75) is 38.8 Å². The van der Waals surface area contributed by atoms with Crippen molar-refractivity contribution >= 4 is 5.91 Å². The molecule has 1 saturated heterocycles. The van der Waals surface area contributed by atoms with E-state index in [9.17, 15) is 4.79 Å². The van der Waals surface area contributed by atoms with Crippen LogP contribution in [0.2, 0.25) is 0 Å². The van der Waals surface area contributed by atoms with Crippen LogP contribution in [-0.2, 0) is 4.79 Å². The van der Waals surface area contributed by atoms with Crippen LogP contribution in [0.1, 0.15) is 26.7 Å². The summed E-state index contributed by atoms with van der Waals surface area (Å²) < 4.78 is 0. The van der Waals surface area contributed by atoms with Crippen molar-refractivity contribution < 1.29 is 4.79 Å². The molecule has 0 aromatic rings. The minimum absolute atomic E-state index is 0.0605. The van der Waals surface area contributed by atoms with Gasteiger partial charge in [-0.2, -0.15) is 0 Å². The molecule has 0 radical (unpaired) electrons. The lowest BCUT2D eigenvalue weighted by atomic mass is 10.2. The first kappa shape index (κ1) is 12.5. The summed E-state index contributed by atoms with van der Waals surface area (Å²) >= 11 is 0. The first-order valence-electron chi connectivity index (χ1n) is 5.76. The van der Waals surface area contributed by atoms with Gasteiger partial charge < -0.3 is 15.5 Å². The van der Waals surface area contributed by atoms with Crippen molar-refractivity contribution in [2.24, 2.45) is 5.73 Å². The standard InChI is InChI=1S/C11H23N3O/c1-9(2)14(11(15)7-12)8-10-5-4-6-13(10)3/h9-10H,4-8,12H2,1-3H3/t10-/m1/s1. The molecule has 88 valence electrons. The van der Waals surface area contributed by atoms with Crippen LogP contribution < -0.4 is 5.73 Å². The Bertz CT molecular complexity index is 218. The molecule has 2 N–H and O–H groups in total. The summed E-state index contributed by atoms with van der Waals surface area (Å²) in [5.74, 6) is 0.0605. The highest BCUT2D eigenvalue weighted by molar-refractivity contribution is 5.78. The predicted molar refractivity (Wildman–Crippen MR) is 61.6 cm³/mol. The Kier molecular flexibility index (Phi) is 4.54. The van der Waals surface area contributed by atoms with E-state index in [1.54, 1.807) is 0 Å². The second-order valence-electron chi connectivity index (χ2n) is 4.62. The molecule has 0 bridgehead atoms. The number of likely N-dealkylation sites (tertiary alicyclic amines) is 1. The third kappa shape index (κ3) is 3.18. The van der Waals surface area contributed by atoms with Gasteiger partial charge in [0.2, 0.25) is 5.91 Å². The van der Waals surface area contributed by atoms with E-state index in [2.05, 4.69) is 11.9 Å². The second-order valence-corrected chi connectivity index (χ2v) is 4.62. The van der Waals surface area contributed by atoms with Gasteiger partial charge in [0.05, 0.1) is 6.54 Å². The van der Waals surface area contributed by atoms with E-state index < -0.39 is 0 Å². The Hall–Kier alpha value is -0.610. The molecule has 1 fully saturated rings. The number of rotatable bonds is 4. The van der Waals surface area contributed by atoms with Crippen LogP contribution in [0, 0.1) is 0 Å². The van der Waals surface area contributed by atoms with Crippen molar-refractivity contribution in [3.8, 4) is 0 Å². The van der Waals surface area contributed by atoms with E-state index >= 15 is 0 Å². The van der Waals surface area contributed by atoms with Crippen molar-refractivity contribution in [1.82, 2.24) is 9.80 Å². The number of hydrogen-bond acceptors (Lipinski definition) is 3. The normalized spacial score (nSPS) is 22.3. The zero-order chi connectivity index (χ0) is 11.4. The van der Waals surface area contributed by atoms with Gasteiger partial charge in [-0.1, -0.05) is 0 Å². The lowest BCUT2D eigenvalue weighted by Crippen LogP contribution is -2.47. The molecule has 1 aliphatic heterocycles. The molecule has 0 saturated carbocycles. The average Bonchev–Trinajstić information content (AvgIpc) is 2.59. The summed E-state index contributed by atoms with van der Waals surface area (Å²) in [4.78, 5) is 15.9. The Labute approximate surface area is 92.4 Å². The lowest BCUT2D eigenvalue weighted by Gasteiger charge is -2.31. The number of likely N-dealkylation sites (N-methyl/N-ethyl adjacent to an activating group) is 1. The van der Waals surface area contributed by atoms with Gasteiger partial charge >= 0.3 is 0 Å². The Balaban J connectivity index is 2.54. The van der Waals surface area contributed by atoms with Gasteiger partial charge in [0.1, 0.15) is 0 Å². The number of nitrogens with zero attached hydrogens (tertiary/aromatic N) is 2. The highest BCUT2D eigenvalue weighted by Gasteiger charge is 2.26. The van der Waals surface area contributed by atoms with Gasteiger partial charge in [-0.15, -0.1) is 0 Å². The van der Waals surface area contributed by atoms with Crippen molar-refractivity contribution in [2.75, 3.05) is 26.7 Å². The summed E-state index contributed by atoms with van der Waals surface area (Å²) in [5, 5.41) is 0. The molecule has 0 spiro atoms. The fraction of sp³-hybridized carbons (Fsp3) is 0.909. The number of amides is 1. The minimum Gasteiger partial charge on any atom is -0.338 e. The fourth-order valence-corrected chi connectivity index (χ4v) is 2.15. The quantitative estimate of drug-likeness (QED) is 0.729. The maximum Gasteiger partial charge on any atom is 0.236 e. The van der Waals surface area contributed by atoms with Crippen LogP contribution in [0.4, 0.5) is 0 Å². The van der Waals surface area contributed by atoms with Gasteiger partial charge in [0, 0.05) is 18.6 Å². The van der Waals surface area contributed by atoms with Crippen LogP contribution in [0.3, 0.4) is 0 Å². The zero-order valence-electron chi connectivity index (χ0n) is 10.1. The van der Waals surface area contributed by atoms with E-state index in [1.165, 1.54) is 12.8 Å². The van der Waals surface area contributed by atoms with Gasteiger partial charge in [-0.3, -0.25) is 4.79 Å². The van der Waals surface area contributed by atoms with Crippen LogP contribution >= 0.6 is 0 Å². The molecule has 0 aliphatic carbocycles. The van der Waals surface area contributed by atoms with Crippen molar-refractivity contribution in [3.05, 3.63) is 0 Å². The maximum absolute atomic E-state index is 11.6.